The van der Waals surface area contributed by atoms with Crippen molar-refractivity contribution in [3.05, 3.63) is 44.9 Å². The molecule has 1 heterocycles. The van der Waals surface area contributed by atoms with Crippen LogP contribution in [0.25, 0.3) is 0 Å². The van der Waals surface area contributed by atoms with E-state index in [1.165, 1.54) is 11.3 Å². The minimum absolute atomic E-state index is 0.00809. The van der Waals surface area contributed by atoms with Crippen LogP contribution in [0.1, 0.15) is 42.4 Å². The third-order valence-electron chi connectivity index (χ3n) is 2.80. The number of nitrogens with one attached hydrogen (secondary N) is 1. The van der Waals surface area contributed by atoms with Crippen molar-refractivity contribution in [3.8, 4) is 0 Å². The summed E-state index contributed by atoms with van der Waals surface area (Å²) in [5, 5.41) is 5.48. The van der Waals surface area contributed by atoms with Gasteiger partial charge in [-0.3, -0.25) is 10.1 Å². The predicted octanol–water partition coefficient (Wildman–Crippen LogP) is 4.76. The van der Waals surface area contributed by atoms with Crippen LogP contribution in [-0.2, 0) is 5.41 Å². The van der Waals surface area contributed by atoms with E-state index < -0.39 is 0 Å². The molecule has 0 saturated carbocycles. The molecule has 5 heteroatoms. The van der Waals surface area contributed by atoms with Crippen LogP contribution in [0.3, 0.4) is 0 Å². The zero-order valence-corrected chi connectivity index (χ0v) is 14.4. The maximum Gasteiger partial charge on any atom is 0.257 e. The molecule has 0 saturated heterocycles. The van der Waals surface area contributed by atoms with Gasteiger partial charge in [0.25, 0.3) is 5.91 Å². The van der Waals surface area contributed by atoms with Crippen molar-refractivity contribution in [2.75, 3.05) is 5.32 Å². The zero-order valence-electron chi connectivity index (χ0n) is 12.0. The highest BCUT2D eigenvalue weighted by Gasteiger charge is 2.18. The van der Waals surface area contributed by atoms with E-state index in [1.807, 2.05) is 24.4 Å². The Hall–Kier alpha value is -1.20. The third kappa shape index (κ3) is 3.67. The number of aryl methyl sites for hydroxylation is 1. The molecule has 20 heavy (non-hydrogen) atoms. The van der Waals surface area contributed by atoms with E-state index in [4.69, 9.17) is 0 Å². The maximum atomic E-state index is 12.2. The van der Waals surface area contributed by atoms with E-state index in [2.05, 4.69) is 47.0 Å². The first-order valence-corrected chi connectivity index (χ1v) is 7.97. The van der Waals surface area contributed by atoms with Crippen LogP contribution in [0.15, 0.2) is 28.1 Å². The summed E-state index contributed by atoms with van der Waals surface area (Å²) in [6.45, 7) is 8.27. The normalized spacial score (nSPS) is 11.4. The Labute approximate surface area is 131 Å². The van der Waals surface area contributed by atoms with Gasteiger partial charge >= 0.3 is 0 Å². The van der Waals surface area contributed by atoms with E-state index in [1.54, 1.807) is 6.07 Å². The highest BCUT2D eigenvalue weighted by Crippen LogP contribution is 2.26. The number of aromatic nitrogens is 1. The zero-order chi connectivity index (χ0) is 14.9. The molecule has 106 valence electrons. The average Bonchev–Trinajstić information content (AvgIpc) is 2.75. The van der Waals surface area contributed by atoms with Gasteiger partial charge in [0.1, 0.15) is 0 Å². The van der Waals surface area contributed by atoms with Crippen molar-refractivity contribution in [3.63, 3.8) is 0 Å². The summed E-state index contributed by atoms with van der Waals surface area (Å²) in [6.07, 6.45) is 0. The number of hydrogen-bond donors (Lipinski definition) is 1. The second-order valence-electron chi connectivity index (χ2n) is 5.76. The third-order valence-corrected chi connectivity index (χ3v) is 4.01. The lowest BCUT2D eigenvalue weighted by molar-refractivity contribution is 0.102. The number of carbonyl (C=O) groups is 1. The van der Waals surface area contributed by atoms with Gasteiger partial charge in [-0.15, -0.1) is 11.3 Å². The number of amides is 1. The molecule has 0 atom stereocenters. The van der Waals surface area contributed by atoms with Crippen LogP contribution in [0.4, 0.5) is 5.13 Å². The van der Waals surface area contributed by atoms with Gasteiger partial charge in [-0.25, -0.2) is 4.98 Å². The summed E-state index contributed by atoms with van der Waals surface area (Å²) >= 11 is 4.86. The van der Waals surface area contributed by atoms with E-state index in [9.17, 15) is 4.79 Å². The van der Waals surface area contributed by atoms with E-state index >= 15 is 0 Å². The van der Waals surface area contributed by atoms with Crippen LogP contribution in [0.2, 0.25) is 0 Å². The van der Waals surface area contributed by atoms with Crippen molar-refractivity contribution >= 4 is 38.3 Å². The monoisotopic (exact) mass is 352 g/mol. The van der Waals surface area contributed by atoms with Gasteiger partial charge in [-0.05, 0) is 30.7 Å². The van der Waals surface area contributed by atoms with Gasteiger partial charge in [0.15, 0.2) is 5.13 Å². The fourth-order valence-corrected chi connectivity index (χ4v) is 3.25. The molecule has 2 rings (SSSR count). The minimum atomic E-state index is -0.135. The fourth-order valence-electron chi connectivity index (χ4n) is 1.71. The van der Waals surface area contributed by atoms with Gasteiger partial charge < -0.3 is 0 Å². The van der Waals surface area contributed by atoms with Crippen molar-refractivity contribution in [1.29, 1.82) is 0 Å². The smallest absolute Gasteiger partial charge is 0.257 e. The van der Waals surface area contributed by atoms with Crippen molar-refractivity contribution < 1.29 is 4.79 Å². The molecule has 3 nitrogen and oxygen atoms in total. The van der Waals surface area contributed by atoms with Crippen LogP contribution in [0, 0.1) is 6.92 Å². The van der Waals surface area contributed by atoms with Crippen molar-refractivity contribution in [2.45, 2.75) is 33.1 Å². The van der Waals surface area contributed by atoms with Gasteiger partial charge in [0, 0.05) is 20.8 Å². The molecule has 0 aliphatic heterocycles. The molecule has 0 aliphatic carbocycles. The van der Waals surface area contributed by atoms with E-state index in [-0.39, 0.29) is 11.3 Å². The Morgan fingerprint density at radius 1 is 1.30 bits per heavy atom. The van der Waals surface area contributed by atoms with Crippen LogP contribution < -0.4 is 5.32 Å². The number of rotatable bonds is 2. The van der Waals surface area contributed by atoms with Crippen molar-refractivity contribution in [1.82, 2.24) is 4.98 Å². The SMILES string of the molecule is Cc1cc(Br)cc(C(=O)Nc2nc(C(C)(C)C)cs2)c1. The lowest BCUT2D eigenvalue weighted by Gasteiger charge is -2.14. The number of anilines is 1. The number of nitrogens with zero attached hydrogens (tertiary/aromatic N) is 1. The molecule has 0 unspecified atom stereocenters. The minimum Gasteiger partial charge on any atom is -0.298 e. The first kappa shape index (κ1) is 15.2. The summed E-state index contributed by atoms with van der Waals surface area (Å²) in [6, 6.07) is 5.64. The molecule has 0 bridgehead atoms. The van der Waals surface area contributed by atoms with Gasteiger partial charge in [0.05, 0.1) is 5.69 Å². The second-order valence-corrected chi connectivity index (χ2v) is 7.53. The topological polar surface area (TPSA) is 42.0 Å². The highest BCUT2D eigenvalue weighted by atomic mass is 79.9. The molecule has 1 aromatic carbocycles. The molecule has 0 fully saturated rings. The highest BCUT2D eigenvalue weighted by molar-refractivity contribution is 9.10. The van der Waals surface area contributed by atoms with Gasteiger partial charge in [-0.2, -0.15) is 0 Å². The molecule has 2 aromatic rings. The molecule has 0 spiro atoms. The molecule has 1 amide bonds. The molecule has 1 aromatic heterocycles. The first-order chi connectivity index (χ1) is 9.25. The Morgan fingerprint density at radius 3 is 2.55 bits per heavy atom. The lowest BCUT2D eigenvalue weighted by atomic mass is 9.93. The van der Waals surface area contributed by atoms with Crippen LogP contribution in [0.5, 0.6) is 0 Å². The fraction of sp³-hybridized carbons (Fsp3) is 0.333. The Kier molecular flexibility index (Phi) is 4.30. The Bertz CT molecular complexity index is 623. The largest absolute Gasteiger partial charge is 0.298 e. The molecule has 0 aliphatic rings. The summed E-state index contributed by atoms with van der Waals surface area (Å²) in [7, 11) is 0. The molecule has 0 radical (unpaired) electrons. The first-order valence-electron chi connectivity index (χ1n) is 6.30. The maximum absolute atomic E-state index is 12.2. The Balaban J connectivity index is 2.17. The standard InChI is InChI=1S/C15H17BrN2OS/c1-9-5-10(7-11(16)6-9)13(19)18-14-17-12(8-20-14)15(2,3)4/h5-8H,1-4H3,(H,17,18,19). The number of benzene rings is 1. The summed E-state index contributed by atoms with van der Waals surface area (Å²) in [5.74, 6) is -0.135. The summed E-state index contributed by atoms with van der Waals surface area (Å²) in [5.41, 5.74) is 2.65. The second kappa shape index (κ2) is 5.66. The van der Waals surface area contributed by atoms with Crippen LogP contribution >= 0.6 is 27.3 Å². The average molecular weight is 353 g/mol. The number of thiazole rings is 1. The van der Waals surface area contributed by atoms with Gasteiger partial charge in [0.2, 0.25) is 0 Å². The van der Waals surface area contributed by atoms with E-state index in [0.717, 1.165) is 15.7 Å². The lowest BCUT2D eigenvalue weighted by Crippen LogP contribution is -2.14. The molecular weight excluding hydrogens is 336 g/mol. The van der Waals surface area contributed by atoms with Gasteiger partial charge in [-0.1, -0.05) is 36.7 Å². The number of carbonyl (C=O) groups excluding carboxylic acids is 1. The quantitative estimate of drug-likeness (QED) is 0.846. The van der Waals surface area contributed by atoms with Crippen molar-refractivity contribution in [2.24, 2.45) is 0 Å². The molecule has 1 N–H and O–H groups in total. The summed E-state index contributed by atoms with van der Waals surface area (Å²) < 4.78 is 0.900. The number of halogens is 1. The number of hydrogen-bond acceptors (Lipinski definition) is 3. The predicted molar refractivity (Wildman–Crippen MR) is 87.6 cm³/mol. The molecular formula is C15H17BrN2OS. The Morgan fingerprint density at radius 2 is 2.00 bits per heavy atom. The summed E-state index contributed by atoms with van der Waals surface area (Å²) in [4.78, 5) is 16.7. The van der Waals surface area contributed by atoms with Crippen LogP contribution in [-0.4, -0.2) is 10.9 Å². The van der Waals surface area contributed by atoms with E-state index in [0.29, 0.717) is 10.7 Å².